The summed E-state index contributed by atoms with van der Waals surface area (Å²) >= 11 is 0. The largest absolute Gasteiger partial charge is 0.454 e. The number of rotatable bonds is 2. The Morgan fingerprint density at radius 3 is 3.07 bits per heavy atom. The van der Waals surface area contributed by atoms with Gasteiger partial charge >= 0.3 is 0 Å². The highest BCUT2D eigenvalue weighted by Gasteiger charge is 2.44. The lowest BCUT2D eigenvalue weighted by molar-refractivity contribution is -0.132. The maximum atomic E-state index is 13.0. The number of likely N-dealkylation sites (tertiary alicyclic amines) is 1. The molecule has 6 heteroatoms. The highest BCUT2D eigenvalue weighted by atomic mass is 16.7. The van der Waals surface area contributed by atoms with Crippen molar-refractivity contribution in [1.82, 2.24) is 14.9 Å². The average molecular weight is 365 g/mol. The summed E-state index contributed by atoms with van der Waals surface area (Å²) in [5.41, 5.74) is 3.40. The molecule has 1 unspecified atom stereocenters. The van der Waals surface area contributed by atoms with Gasteiger partial charge < -0.3 is 14.4 Å². The second kappa shape index (κ2) is 6.22. The summed E-state index contributed by atoms with van der Waals surface area (Å²) < 4.78 is 10.8. The number of carbonyl (C=O) groups excluding carboxylic acids is 1. The van der Waals surface area contributed by atoms with E-state index in [-0.39, 0.29) is 18.1 Å². The van der Waals surface area contributed by atoms with Crippen LogP contribution in [0.25, 0.3) is 0 Å². The molecule has 0 radical (unpaired) electrons. The summed E-state index contributed by atoms with van der Waals surface area (Å²) in [5, 5.41) is 0. The van der Waals surface area contributed by atoms with Crippen LogP contribution in [-0.2, 0) is 23.1 Å². The summed E-state index contributed by atoms with van der Waals surface area (Å²) in [5.74, 6) is 2.47. The lowest BCUT2D eigenvalue weighted by atomic mass is 9.77. The minimum atomic E-state index is 0.00578. The Bertz CT molecular complexity index is 910. The molecule has 1 aromatic heterocycles. The predicted octanol–water partition coefficient (Wildman–Crippen LogP) is 2.56. The highest BCUT2D eigenvalue weighted by molar-refractivity contribution is 5.79. The fourth-order valence-corrected chi connectivity index (χ4v) is 4.71. The molecule has 2 aromatic rings. The van der Waals surface area contributed by atoms with Gasteiger partial charge in [0.05, 0.1) is 12.1 Å². The Hall–Kier alpha value is -2.63. The first-order valence-electron chi connectivity index (χ1n) is 9.62. The molecule has 2 aliphatic heterocycles. The Morgan fingerprint density at radius 2 is 2.15 bits per heavy atom. The third kappa shape index (κ3) is 2.83. The third-order valence-corrected chi connectivity index (χ3v) is 6.08. The molecule has 1 aromatic carbocycles. The average Bonchev–Trinajstić information content (AvgIpc) is 3.27. The molecule has 1 amide bonds. The molecule has 1 aliphatic carbocycles. The lowest BCUT2D eigenvalue weighted by Crippen LogP contribution is -2.48. The molecule has 1 fully saturated rings. The van der Waals surface area contributed by atoms with E-state index < -0.39 is 0 Å². The molecule has 0 saturated carbocycles. The zero-order chi connectivity index (χ0) is 18.4. The van der Waals surface area contributed by atoms with E-state index >= 15 is 0 Å². The first-order chi connectivity index (χ1) is 13.1. The number of hydrogen-bond acceptors (Lipinski definition) is 5. The van der Waals surface area contributed by atoms with Gasteiger partial charge in [-0.15, -0.1) is 0 Å². The van der Waals surface area contributed by atoms with Crippen molar-refractivity contribution in [1.29, 1.82) is 0 Å². The van der Waals surface area contributed by atoms with E-state index in [2.05, 4.69) is 4.98 Å². The van der Waals surface area contributed by atoms with Crippen LogP contribution in [0.4, 0.5) is 0 Å². The van der Waals surface area contributed by atoms with E-state index in [1.54, 1.807) is 0 Å². The molecule has 6 nitrogen and oxygen atoms in total. The molecular formula is C21H23N3O3. The Kier molecular flexibility index (Phi) is 3.81. The van der Waals surface area contributed by atoms with Gasteiger partial charge in [-0.3, -0.25) is 4.79 Å². The molecule has 0 bridgehead atoms. The molecule has 1 saturated heterocycles. The number of amides is 1. The van der Waals surface area contributed by atoms with Crippen LogP contribution in [0.2, 0.25) is 0 Å². The standard InChI is InChI=1S/C21H23N3O3/c1-14-22-11-16-5-7-21(20(16)23-14)6-2-8-24(12-21)19(25)10-15-3-4-17-18(9-15)27-13-26-17/h3-4,9,11H,2,5-8,10,12-13H2,1H3. The molecule has 27 heavy (non-hydrogen) atoms. The number of fused-ring (bicyclic) bond motifs is 3. The van der Waals surface area contributed by atoms with Crippen LogP contribution >= 0.6 is 0 Å². The van der Waals surface area contributed by atoms with Gasteiger partial charge in [-0.25, -0.2) is 9.97 Å². The van der Waals surface area contributed by atoms with Gasteiger partial charge in [0.25, 0.3) is 0 Å². The summed E-state index contributed by atoms with van der Waals surface area (Å²) in [4.78, 5) is 24.2. The molecule has 0 N–H and O–H groups in total. The topological polar surface area (TPSA) is 64.6 Å². The van der Waals surface area contributed by atoms with E-state index in [1.807, 2.05) is 36.2 Å². The van der Waals surface area contributed by atoms with Gasteiger partial charge in [0.2, 0.25) is 12.7 Å². The van der Waals surface area contributed by atoms with Crippen molar-refractivity contribution in [3.8, 4) is 11.5 Å². The van der Waals surface area contributed by atoms with Crippen molar-refractivity contribution in [2.24, 2.45) is 0 Å². The number of aromatic nitrogens is 2. The second-order valence-corrected chi connectivity index (χ2v) is 7.85. The smallest absolute Gasteiger partial charge is 0.231 e. The van der Waals surface area contributed by atoms with E-state index in [4.69, 9.17) is 14.5 Å². The van der Waals surface area contributed by atoms with Gasteiger partial charge in [-0.05, 0) is 55.9 Å². The Labute approximate surface area is 158 Å². The van der Waals surface area contributed by atoms with Crippen molar-refractivity contribution < 1.29 is 14.3 Å². The molecule has 1 atom stereocenters. The van der Waals surface area contributed by atoms with Crippen LogP contribution in [0.15, 0.2) is 24.4 Å². The minimum absolute atomic E-state index is 0.00578. The van der Waals surface area contributed by atoms with E-state index in [1.165, 1.54) is 11.3 Å². The number of aryl methyl sites for hydroxylation is 2. The number of piperidine rings is 1. The number of benzene rings is 1. The molecule has 3 aliphatic rings. The van der Waals surface area contributed by atoms with Gasteiger partial charge in [0.1, 0.15) is 5.82 Å². The fourth-order valence-electron chi connectivity index (χ4n) is 4.71. The number of carbonyl (C=O) groups is 1. The summed E-state index contributed by atoms with van der Waals surface area (Å²) in [6.07, 6.45) is 6.57. The first kappa shape index (κ1) is 16.5. The van der Waals surface area contributed by atoms with Crippen molar-refractivity contribution in [2.45, 2.75) is 44.4 Å². The summed E-state index contributed by atoms with van der Waals surface area (Å²) in [7, 11) is 0. The Balaban J connectivity index is 1.35. The number of ether oxygens (including phenoxy) is 2. The van der Waals surface area contributed by atoms with Gasteiger partial charge in [0, 0.05) is 24.7 Å². The summed E-state index contributed by atoms with van der Waals surface area (Å²) in [6.45, 7) is 3.78. The number of hydrogen-bond donors (Lipinski definition) is 0. The van der Waals surface area contributed by atoms with E-state index in [9.17, 15) is 4.79 Å². The molecule has 1 spiro atoms. The highest BCUT2D eigenvalue weighted by Crippen LogP contribution is 2.44. The van der Waals surface area contributed by atoms with Crippen LogP contribution in [-0.4, -0.2) is 40.7 Å². The Morgan fingerprint density at radius 1 is 1.26 bits per heavy atom. The van der Waals surface area contributed by atoms with Gasteiger partial charge in [0.15, 0.2) is 11.5 Å². The second-order valence-electron chi connectivity index (χ2n) is 7.85. The third-order valence-electron chi connectivity index (χ3n) is 6.08. The van der Waals surface area contributed by atoms with Gasteiger partial charge in [-0.1, -0.05) is 6.07 Å². The fraction of sp³-hybridized carbons (Fsp3) is 0.476. The summed E-state index contributed by atoms with van der Waals surface area (Å²) in [6, 6.07) is 5.75. The molecular weight excluding hydrogens is 342 g/mol. The van der Waals surface area contributed by atoms with Crippen LogP contribution < -0.4 is 9.47 Å². The predicted molar refractivity (Wildman–Crippen MR) is 98.9 cm³/mol. The van der Waals surface area contributed by atoms with E-state index in [0.717, 1.165) is 61.7 Å². The van der Waals surface area contributed by atoms with E-state index in [0.29, 0.717) is 6.42 Å². The van der Waals surface area contributed by atoms with Crippen LogP contribution in [0.3, 0.4) is 0 Å². The SMILES string of the molecule is Cc1ncc2c(n1)C1(CCCN(C(=O)Cc3ccc4c(c3)OCO4)C1)CC2. The van der Waals surface area contributed by atoms with Crippen molar-refractivity contribution >= 4 is 5.91 Å². The van der Waals surface area contributed by atoms with Crippen molar-refractivity contribution in [3.05, 3.63) is 47.0 Å². The van der Waals surface area contributed by atoms with Crippen LogP contribution in [0.1, 0.15) is 41.9 Å². The lowest BCUT2D eigenvalue weighted by Gasteiger charge is -2.40. The monoisotopic (exact) mass is 365 g/mol. The van der Waals surface area contributed by atoms with Crippen LogP contribution in [0, 0.1) is 6.92 Å². The normalized spacial score (nSPS) is 22.9. The molecule has 5 rings (SSSR count). The number of nitrogens with zero attached hydrogens (tertiary/aromatic N) is 3. The first-order valence-corrected chi connectivity index (χ1v) is 9.62. The van der Waals surface area contributed by atoms with Crippen molar-refractivity contribution in [2.75, 3.05) is 19.9 Å². The van der Waals surface area contributed by atoms with Crippen LogP contribution in [0.5, 0.6) is 11.5 Å². The molecule has 3 heterocycles. The van der Waals surface area contributed by atoms with Gasteiger partial charge in [-0.2, -0.15) is 0 Å². The maximum Gasteiger partial charge on any atom is 0.231 e. The molecule has 140 valence electrons. The maximum absolute atomic E-state index is 13.0. The zero-order valence-electron chi connectivity index (χ0n) is 15.5. The minimum Gasteiger partial charge on any atom is -0.454 e. The zero-order valence-corrected chi connectivity index (χ0v) is 15.5. The van der Waals surface area contributed by atoms with Crippen molar-refractivity contribution in [3.63, 3.8) is 0 Å². The quantitative estimate of drug-likeness (QED) is 0.818.